The van der Waals surface area contributed by atoms with Gasteiger partial charge in [-0.3, -0.25) is 19.4 Å². The molecular weight excluding hydrogens is 713 g/mol. The van der Waals surface area contributed by atoms with Crippen molar-refractivity contribution in [1.82, 2.24) is 39.5 Å². The fraction of sp³-hybridized carbons (Fsp3) is 0.522. The standard InChI is InChI=1S/C46H58N8O3/c1-5-51(6-2)41(31-17-18-31)45(55)53-23-9-11-37(53)43-47-27-35(49-43)29-13-15-30(16-14-29)40-26-34-25-33(21-22-39(34)57-40)36-28-48-44(50-36)38-12-10-24-54(38)46(56)42(32-19-20-32)52(7-3)8-4/h13-16,21-22,25-28,31-32,37-38,41-42H,5-12,17-20,23-24H2,1-4H3,(H,47,49)(H,48,50)/t37-,38-,41+,42?/m1/s1. The van der Waals surface area contributed by atoms with Crippen LogP contribution in [0.15, 0.2) is 65.3 Å². The molecule has 11 nitrogen and oxygen atoms in total. The van der Waals surface area contributed by atoms with Crippen molar-refractivity contribution in [3.63, 3.8) is 0 Å². The second-order valence-corrected chi connectivity index (χ2v) is 16.7. The average Bonchev–Trinajstić information content (AvgIpc) is 3.82. The average molecular weight is 771 g/mol. The van der Waals surface area contributed by atoms with Gasteiger partial charge in [0, 0.05) is 29.6 Å². The number of likely N-dealkylation sites (N-methyl/N-ethyl adjacent to an activating group) is 2. The van der Waals surface area contributed by atoms with Crippen molar-refractivity contribution in [3.05, 3.63) is 72.6 Å². The summed E-state index contributed by atoms with van der Waals surface area (Å²) >= 11 is 0. The van der Waals surface area contributed by atoms with Crippen LogP contribution in [0.3, 0.4) is 0 Å². The van der Waals surface area contributed by atoms with E-state index in [0.29, 0.717) is 11.8 Å². The number of imidazole rings is 2. The summed E-state index contributed by atoms with van der Waals surface area (Å²) in [5.74, 6) is 4.06. The highest BCUT2D eigenvalue weighted by atomic mass is 16.3. The highest BCUT2D eigenvalue weighted by molar-refractivity contribution is 5.87. The topological polar surface area (TPSA) is 118 Å². The number of benzene rings is 2. The van der Waals surface area contributed by atoms with Crippen molar-refractivity contribution in [2.45, 2.75) is 103 Å². The van der Waals surface area contributed by atoms with Crippen LogP contribution in [0, 0.1) is 11.8 Å². The van der Waals surface area contributed by atoms with Gasteiger partial charge in [-0.1, -0.05) is 52.0 Å². The molecule has 4 atom stereocenters. The summed E-state index contributed by atoms with van der Waals surface area (Å²) in [5.41, 5.74) is 5.79. The highest BCUT2D eigenvalue weighted by Gasteiger charge is 2.45. The lowest BCUT2D eigenvalue weighted by Crippen LogP contribution is -2.49. The van der Waals surface area contributed by atoms with E-state index in [1.165, 1.54) is 0 Å². The number of rotatable bonds is 15. The zero-order valence-corrected chi connectivity index (χ0v) is 34.0. The van der Waals surface area contributed by atoms with E-state index in [2.05, 4.69) is 99.7 Å². The number of hydrogen-bond acceptors (Lipinski definition) is 7. The fourth-order valence-corrected chi connectivity index (χ4v) is 9.81. The van der Waals surface area contributed by atoms with Gasteiger partial charge in [-0.25, -0.2) is 9.97 Å². The van der Waals surface area contributed by atoms with Crippen LogP contribution in [0.25, 0.3) is 44.8 Å². The van der Waals surface area contributed by atoms with Crippen LogP contribution < -0.4 is 0 Å². The summed E-state index contributed by atoms with van der Waals surface area (Å²) in [6.45, 7) is 13.8. The number of aromatic amines is 2. The van der Waals surface area contributed by atoms with Gasteiger partial charge in [0.1, 0.15) is 23.0 Å². The first kappa shape index (κ1) is 37.8. The van der Waals surface area contributed by atoms with Crippen molar-refractivity contribution in [2.24, 2.45) is 11.8 Å². The number of amides is 2. The molecule has 2 saturated heterocycles. The maximum Gasteiger partial charge on any atom is 0.240 e. The Morgan fingerprint density at radius 2 is 1.14 bits per heavy atom. The van der Waals surface area contributed by atoms with E-state index in [9.17, 15) is 9.59 Å². The van der Waals surface area contributed by atoms with Crippen LogP contribution >= 0.6 is 0 Å². The Kier molecular flexibility index (Phi) is 10.5. The second-order valence-electron chi connectivity index (χ2n) is 16.7. The summed E-state index contributed by atoms with van der Waals surface area (Å²) in [7, 11) is 0. The molecule has 300 valence electrons. The molecule has 4 aliphatic rings. The maximum atomic E-state index is 14.0. The minimum atomic E-state index is -0.0208. The molecule has 2 aliphatic carbocycles. The number of H-pyrrole nitrogens is 2. The predicted octanol–water partition coefficient (Wildman–Crippen LogP) is 8.45. The van der Waals surface area contributed by atoms with Crippen molar-refractivity contribution in [2.75, 3.05) is 39.3 Å². The summed E-state index contributed by atoms with van der Waals surface area (Å²) in [6.07, 6.45) is 12.2. The Labute approximate surface area is 336 Å². The summed E-state index contributed by atoms with van der Waals surface area (Å²) in [6, 6.07) is 16.7. The molecule has 1 unspecified atom stereocenters. The van der Waals surface area contributed by atoms with Gasteiger partial charge in [0.25, 0.3) is 0 Å². The van der Waals surface area contributed by atoms with E-state index in [1.54, 1.807) is 0 Å². The number of nitrogens with one attached hydrogen (secondary N) is 2. The SMILES string of the molecule is CCN(CC)C(C(=O)N1CCC[C@@H]1c1ncc(-c2ccc3oc(-c4ccc(-c5cnc([C@H]6CCCN6C(=O)[C@H](C6CC6)N(CC)CC)[nH]5)cc4)cc3c2)[nH]1)C1CC1. The van der Waals surface area contributed by atoms with E-state index in [-0.39, 0.29) is 36.0 Å². The van der Waals surface area contributed by atoms with Crippen molar-refractivity contribution < 1.29 is 14.0 Å². The van der Waals surface area contributed by atoms with E-state index in [4.69, 9.17) is 14.4 Å². The van der Waals surface area contributed by atoms with E-state index in [1.807, 2.05) is 18.5 Å². The van der Waals surface area contributed by atoms with Crippen LogP contribution in [0.4, 0.5) is 0 Å². The van der Waals surface area contributed by atoms with Crippen LogP contribution in [-0.4, -0.2) is 103 Å². The normalized spacial score (nSPS) is 21.0. The van der Waals surface area contributed by atoms with E-state index in [0.717, 1.165) is 147 Å². The third-order valence-corrected chi connectivity index (χ3v) is 13.3. The molecule has 11 heteroatoms. The summed E-state index contributed by atoms with van der Waals surface area (Å²) in [4.78, 5) is 53.6. The number of hydrogen-bond donors (Lipinski definition) is 2. The quantitative estimate of drug-likeness (QED) is 0.110. The number of carbonyl (C=O) groups excluding carboxylic acids is 2. The molecule has 9 rings (SSSR count). The van der Waals surface area contributed by atoms with E-state index < -0.39 is 0 Å². The maximum absolute atomic E-state index is 14.0. The van der Waals surface area contributed by atoms with Gasteiger partial charge in [0.2, 0.25) is 11.8 Å². The number of carbonyl (C=O) groups is 2. The zero-order chi connectivity index (χ0) is 39.2. The molecule has 3 aromatic heterocycles. The Morgan fingerprint density at radius 1 is 0.667 bits per heavy atom. The smallest absolute Gasteiger partial charge is 0.240 e. The molecular formula is C46H58N8O3. The molecule has 2 amide bonds. The molecule has 2 aromatic carbocycles. The molecule has 0 radical (unpaired) electrons. The Hall–Kier alpha value is -4.74. The monoisotopic (exact) mass is 770 g/mol. The number of likely N-dealkylation sites (tertiary alicyclic amines) is 2. The summed E-state index contributed by atoms with van der Waals surface area (Å²) in [5, 5.41) is 1.02. The third-order valence-electron chi connectivity index (χ3n) is 13.3. The third kappa shape index (κ3) is 7.33. The second kappa shape index (κ2) is 15.9. The number of aromatic nitrogens is 4. The van der Waals surface area contributed by atoms with Crippen molar-refractivity contribution in [3.8, 4) is 33.8 Å². The molecule has 5 heterocycles. The van der Waals surface area contributed by atoms with Crippen LogP contribution in [0.1, 0.15) is 103 Å². The zero-order valence-electron chi connectivity index (χ0n) is 34.0. The predicted molar refractivity (Wildman–Crippen MR) is 223 cm³/mol. The number of nitrogens with zero attached hydrogens (tertiary/aromatic N) is 6. The van der Waals surface area contributed by atoms with Gasteiger partial charge < -0.3 is 24.2 Å². The molecule has 5 aromatic rings. The van der Waals surface area contributed by atoms with Crippen LogP contribution in [-0.2, 0) is 9.59 Å². The van der Waals surface area contributed by atoms with Crippen molar-refractivity contribution in [1.29, 1.82) is 0 Å². The van der Waals surface area contributed by atoms with Gasteiger partial charge in [-0.05, 0) is 119 Å². The first-order chi connectivity index (χ1) is 27.9. The first-order valence-corrected chi connectivity index (χ1v) is 21.7. The van der Waals surface area contributed by atoms with Gasteiger partial charge >= 0.3 is 0 Å². The van der Waals surface area contributed by atoms with Crippen LogP contribution in [0.5, 0.6) is 0 Å². The molecule has 0 bridgehead atoms. The Bertz CT molecular complexity index is 2190. The summed E-state index contributed by atoms with van der Waals surface area (Å²) < 4.78 is 6.35. The van der Waals surface area contributed by atoms with E-state index >= 15 is 0 Å². The molecule has 2 N–H and O–H groups in total. The first-order valence-electron chi connectivity index (χ1n) is 21.7. The largest absolute Gasteiger partial charge is 0.456 e. The number of furan rings is 1. The van der Waals surface area contributed by atoms with Gasteiger partial charge in [-0.15, -0.1) is 0 Å². The lowest BCUT2D eigenvalue weighted by Gasteiger charge is -2.34. The van der Waals surface area contributed by atoms with Gasteiger partial charge in [0.15, 0.2) is 0 Å². The molecule has 4 fully saturated rings. The molecule has 0 spiro atoms. The fourth-order valence-electron chi connectivity index (χ4n) is 9.81. The lowest BCUT2D eigenvalue weighted by molar-refractivity contribution is -0.139. The Balaban J connectivity index is 0.881. The highest BCUT2D eigenvalue weighted by Crippen LogP contribution is 2.41. The van der Waals surface area contributed by atoms with Crippen molar-refractivity contribution >= 4 is 22.8 Å². The minimum Gasteiger partial charge on any atom is -0.456 e. The molecule has 2 saturated carbocycles. The number of fused-ring (bicyclic) bond motifs is 1. The van der Waals surface area contributed by atoms with Gasteiger partial charge in [-0.2, -0.15) is 0 Å². The van der Waals surface area contributed by atoms with Crippen LogP contribution in [0.2, 0.25) is 0 Å². The molecule has 2 aliphatic heterocycles. The van der Waals surface area contributed by atoms with Gasteiger partial charge in [0.05, 0.1) is 47.9 Å². The Morgan fingerprint density at radius 3 is 1.63 bits per heavy atom. The molecule has 57 heavy (non-hydrogen) atoms. The minimum absolute atomic E-state index is 0.0139. The lowest BCUT2D eigenvalue weighted by atomic mass is 10.1.